The van der Waals surface area contributed by atoms with Crippen LogP contribution in [0.5, 0.6) is 5.75 Å². The first-order valence-corrected chi connectivity index (χ1v) is 6.33. The van der Waals surface area contributed by atoms with Crippen LogP contribution in [0.3, 0.4) is 0 Å². The number of nitrogens with one attached hydrogen (secondary N) is 1. The second-order valence-electron chi connectivity index (χ2n) is 3.62. The summed E-state index contributed by atoms with van der Waals surface area (Å²) >= 11 is 0. The fraction of sp³-hybridized carbons (Fsp3) is 0.0909. The molecule has 0 saturated carbocycles. The molecule has 2 aromatic rings. The molecule has 0 aliphatic carbocycles. The van der Waals surface area contributed by atoms with Crippen LogP contribution in [0.4, 0.5) is 0 Å². The molecule has 1 aromatic heterocycles. The summed E-state index contributed by atoms with van der Waals surface area (Å²) in [5, 5.41) is 9.19. The molecule has 0 bridgehead atoms. The lowest BCUT2D eigenvalue weighted by Crippen LogP contribution is -2.02. The molecule has 0 saturated heterocycles. The van der Waals surface area contributed by atoms with Crippen molar-refractivity contribution in [1.29, 1.82) is 0 Å². The van der Waals surface area contributed by atoms with E-state index >= 15 is 0 Å². The molecule has 5 nitrogen and oxygen atoms in total. The zero-order chi connectivity index (χ0) is 12.5. The smallest absolute Gasteiger partial charge is 0.310 e. The van der Waals surface area contributed by atoms with E-state index in [-0.39, 0.29) is 22.8 Å². The zero-order valence-electron chi connectivity index (χ0n) is 8.79. The SMILES string of the molecule is O=S(=O)(O)c1[nH]cc(O)c1Cc1ccccc1. The number of aromatic hydroxyl groups is 1. The summed E-state index contributed by atoms with van der Waals surface area (Å²) in [4.78, 5) is 2.35. The summed E-state index contributed by atoms with van der Waals surface area (Å²) in [5.41, 5.74) is 1.01. The van der Waals surface area contributed by atoms with Crippen molar-refractivity contribution in [1.82, 2.24) is 4.98 Å². The fourth-order valence-corrected chi connectivity index (χ4v) is 2.32. The Bertz CT molecular complexity index is 616. The summed E-state index contributed by atoms with van der Waals surface area (Å²) in [6.07, 6.45) is 1.37. The lowest BCUT2D eigenvalue weighted by atomic mass is 10.1. The van der Waals surface area contributed by atoms with Crippen LogP contribution in [-0.4, -0.2) is 23.1 Å². The minimum absolute atomic E-state index is 0.165. The van der Waals surface area contributed by atoms with Gasteiger partial charge in [0.15, 0.2) is 5.03 Å². The van der Waals surface area contributed by atoms with Gasteiger partial charge < -0.3 is 10.1 Å². The number of H-pyrrole nitrogens is 1. The van der Waals surface area contributed by atoms with Crippen molar-refractivity contribution >= 4 is 10.1 Å². The van der Waals surface area contributed by atoms with E-state index in [4.69, 9.17) is 4.55 Å². The number of aromatic amines is 1. The van der Waals surface area contributed by atoms with E-state index in [1.165, 1.54) is 0 Å². The molecular weight excluding hydrogens is 242 g/mol. The Morgan fingerprint density at radius 1 is 1.18 bits per heavy atom. The largest absolute Gasteiger partial charge is 0.506 e. The van der Waals surface area contributed by atoms with Gasteiger partial charge in [0.2, 0.25) is 0 Å². The van der Waals surface area contributed by atoms with Crippen molar-refractivity contribution in [3.8, 4) is 5.75 Å². The van der Waals surface area contributed by atoms with Gasteiger partial charge in [-0.05, 0) is 5.56 Å². The molecule has 3 N–H and O–H groups in total. The van der Waals surface area contributed by atoms with Gasteiger partial charge in [-0.2, -0.15) is 8.42 Å². The van der Waals surface area contributed by atoms with Gasteiger partial charge in [0, 0.05) is 18.2 Å². The Morgan fingerprint density at radius 2 is 1.82 bits per heavy atom. The summed E-state index contributed by atoms with van der Waals surface area (Å²) in [6.45, 7) is 0. The van der Waals surface area contributed by atoms with Crippen molar-refractivity contribution in [2.24, 2.45) is 0 Å². The third-order valence-corrected chi connectivity index (χ3v) is 3.29. The van der Waals surface area contributed by atoms with Crippen LogP contribution in [0.2, 0.25) is 0 Å². The third kappa shape index (κ3) is 2.48. The maximum atomic E-state index is 11.1. The quantitative estimate of drug-likeness (QED) is 0.724. The maximum Gasteiger partial charge on any atom is 0.310 e. The molecular formula is C11H11NO4S. The van der Waals surface area contributed by atoms with Crippen molar-refractivity contribution < 1.29 is 18.1 Å². The Labute approximate surface area is 98.5 Å². The van der Waals surface area contributed by atoms with Gasteiger partial charge in [-0.1, -0.05) is 30.3 Å². The van der Waals surface area contributed by atoms with Crippen molar-refractivity contribution in [3.05, 3.63) is 47.7 Å². The van der Waals surface area contributed by atoms with E-state index in [0.717, 1.165) is 11.8 Å². The molecule has 0 atom stereocenters. The van der Waals surface area contributed by atoms with Crippen molar-refractivity contribution in [2.75, 3.05) is 0 Å². The van der Waals surface area contributed by atoms with Gasteiger partial charge in [-0.3, -0.25) is 4.55 Å². The molecule has 0 spiro atoms. The molecule has 0 amide bonds. The number of benzene rings is 1. The van der Waals surface area contributed by atoms with Crippen LogP contribution in [0, 0.1) is 0 Å². The summed E-state index contributed by atoms with van der Waals surface area (Å²) in [6, 6.07) is 9.07. The van der Waals surface area contributed by atoms with Gasteiger partial charge >= 0.3 is 10.1 Å². The number of aromatic nitrogens is 1. The van der Waals surface area contributed by atoms with E-state index in [1.807, 2.05) is 18.2 Å². The first kappa shape index (κ1) is 11.7. The molecule has 17 heavy (non-hydrogen) atoms. The minimum Gasteiger partial charge on any atom is -0.506 e. The summed E-state index contributed by atoms with van der Waals surface area (Å²) < 4.78 is 31.1. The van der Waals surface area contributed by atoms with Crippen LogP contribution in [0.25, 0.3) is 0 Å². The van der Waals surface area contributed by atoms with E-state index in [1.54, 1.807) is 12.1 Å². The Hall–Kier alpha value is -1.79. The second kappa shape index (κ2) is 4.23. The highest BCUT2D eigenvalue weighted by molar-refractivity contribution is 7.85. The molecule has 90 valence electrons. The lowest BCUT2D eigenvalue weighted by Gasteiger charge is -2.02. The van der Waals surface area contributed by atoms with Gasteiger partial charge in [-0.15, -0.1) is 0 Å². The lowest BCUT2D eigenvalue weighted by molar-refractivity contribution is 0.465. The fourth-order valence-electron chi connectivity index (χ4n) is 1.63. The summed E-state index contributed by atoms with van der Waals surface area (Å²) in [5.74, 6) is -0.179. The van der Waals surface area contributed by atoms with E-state index in [9.17, 15) is 13.5 Å². The normalized spacial score (nSPS) is 11.6. The Kier molecular flexibility index (Phi) is 2.91. The molecule has 6 heteroatoms. The number of hydrogen-bond acceptors (Lipinski definition) is 3. The van der Waals surface area contributed by atoms with Gasteiger partial charge in [0.05, 0.1) is 0 Å². The minimum atomic E-state index is -4.35. The van der Waals surface area contributed by atoms with Crippen LogP contribution in [0.15, 0.2) is 41.6 Å². The molecule has 0 aliphatic rings. The van der Waals surface area contributed by atoms with E-state index in [0.29, 0.717) is 0 Å². The number of rotatable bonds is 3. The topological polar surface area (TPSA) is 90.4 Å². The highest BCUT2D eigenvalue weighted by Gasteiger charge is 2.20. The number of hydrogen-bond donors (Lipinski definition) is 3. The zero-order valence-corrected chi connectivity index (χ0v) is 9.61. The standard InChI is InChI=1S/C11H11NO4S/c13-10-7-12-11(17(14,15)16)9(10)6-8-4-2-1-3-5-8/h1-5,7,12-13H,6H2,(H,14,15,16). The molecule has 0 fully saturated rings. The first-order valence-electron chi connectivity index (χ1n) is 4.89. The van der Waals surface area contributed by atoms with Gasteiger partial charge in [0.25, 0.3) is 0 Å². The van der Waals surface area contributed by atoms with Crippen LogP contribution in [0.1, 0.15) is 11.1 Å². The molecule has 2 rings (SSSR count). The highest BCUT2D eigenvalue weighted by Crippen LogP contribution is 2.26. The first-order chi connectivity index (χ1) is 7.98. The van der Waals surface area contributed by atoms with Crippen LogP contribution < -0.4 is 0 Å². The predicted molar refractivity (Wildman–Crippen MR) is 61.5 cm³/mol. The van der Waals surface area contributed by atoms with E-state index < -0.39 is 10.1 Å². The van der Waals surface area contributed by atoms with Crippen LogP contribution in [-0.2, 0) is 16.5 Å². The second-order valence-corrected chi connectivity index (χ2v) is 4.98. The van der Waals surface area contributed by atoms with Crippen molar-refractivity contribution in [3.63, 3.8) is 0 Å². The average molecular weight is 253 g/mol. The predicted octanol–water partition coefficient (Wildman–Crippen LogP) is 1.56. The van der Waals surface area contributed by atoms with Gasteiger partial charge in [0.1, 0.15) is 5.75 Å². The van der Waals surface area contributed by atoms with Crippen LogP contribution >= 0.6 is 0 Å². The Morgan fingerprint density at radius 3 is 2.41 bits per heavy atom. The monoisotopic (exact) mass is 253 g/mol. The molecule has 0 radical (unpaired) electrons. The van der Waals surface area contributed by atoms with Gasteiger partial charge in [-0.25, -0.2) is 0 Å². The summed E-state index contributed by atoms with van der Waals surface area (Å²) in [7, 11) is -4.35. The maximum absolute atomic E-state index is 11.1. The molecule has 0 aliphatic heterocycles. The molecule has 0 unspecified atom stereocenters. The molecule has 1 heterocycles. The highest BCUT2D eigenvalue weighted by atomic mass is 32.2. The van der Waals surface area contributed by atoms with Crippen molar-refractivity contribution in [2.45, 2.75) is 11.4 Å². The average Bonchev–Trinajstić information content (AvgIpc) is 2.62. The molecule has 1 aromatic carbocycles. The van der Waals surface area contributed by atoms with E-state index in [2.05, 4.69) is 4.98 Å². The Balaban J connectivity index is 2.43. The third-order valence-electron chi connectivity index (χ3n) is 2.40.